The lowest BCUT2D eigenvalue weighted by atomic mass is 9.89. The molecule has 1 heterocycles. The van der Waals surface area contributed by atoms with Crippen LogP contribution in [0, 0.1) is 12.7 Å². The number of benzene rings is 1. The molecule has 0 aliphatic rings. The van der Waals surface area contributed by atoms with E-state index in [1.807, 2.05) is 13.8 Å². The first-order valence-electron chi connectivity index (χ1n) is 7.89. The largest absolute Gasteiger partial charge is 0.354 e. The summed E-state index contributed by atoms with van der Waals surface area (Å²) in [5.41, 5.74) is 2.36. The number of aromatic nitrogens is 1. The number of hydrogen-bond acceptors (Lipinski definition) is 2. The summed E-state index contributed by atoms with van der Waals surface area (Å²) in [7, 11) is 1.52. The highest BCUT2D eigenvalue weighted by Crippen LogP contribution is 2.33. The fourth-order valence-electron chi connectivity index (χ4n) is 2.91. The van der Waals surface area contributed by atoms with Gasteiger partial charge in [-0.15, -0.1) is 0 Å². The third-order valence-corrected chi connectivity index (χ3v) is 4.12. The van der Waals surface area contributed by atoms with E-state index in [0.717, 1.165) is 0 Å². The zero-order valence-electron chi connectivity index (χ0n) is 14.3. The van der Waals surface area contributed by atoms with Crippen molar-refractivity contribution in [3.8, 4) is 0 Å². The van der Waals surface area contributed by atoms with Crippen molar-refractivity contribution in [3.63, 3.8) is 0 Å². The Balaban J connectivity index is 2.61. The lowest BCUT2D eigenvalue weighted by Crippen LogP contribution is -2.24. The molecule has 2 amide bonds. The van der Waals surface area contributed by atoms with Crippen LogP contribution >= 0.6 is 0 Å². The number of rotatable bonds is 5. The Labute approximate surface area is 140 Å². The zero-order valence-corrected chi connectivity index (χ0v) is 14.3. The fourth-order valence-corrected chi connectivity index (χ4v) is 2.91. The maximum absolute atomic E-state index is 14.2. The van der Waals surface area contributed by atoms with Crippen molar-refractivity contribution in [3.05, 3.63) is 58.2 Å². The molecule has 3 N–H and O–H groups in total. The van der Waals surface area contributed by atoms with Crippen LogP contribution in [0.25, 0.3) is 0 Å². The quantitative estimate of drug-likeness (QED) is 0.788. The smallest absolute Gasteiger partial charge is 0.267 e. The van der Waals surface area contributed by atoms with E-state index in [4.69, 9.17) is 0 Å². The van der Waals surface area contributed by atoms with E-state index >= 15 is 0 Å². The van der Waals surface area contributed by atoms with Crippen LogP contribution in [-0.4, -0.2) is 30.4 Å². The second kappa shape index (κ2) is 7.29. The normalized spacial score (nSPS) is 11.9. The summed E-state index contributed by atoms with van der Waals surface area (Å²) in [5, 5.41) is 5.27. The van der Waals surface area contributed by atoms with Crippen LogP contribution in [0.5, 0.6) is 0 Å². The first-order chi connectivity index (χ1) is 11.4. The predicted octanol–water partition coefficient (Wildman–Crippen LogP) is 2.72. The Morgan fingerprint density at radius 1 is 1.21 bits per heavy atom. The summed E-state index contributed by atoms with van der Waals surface area (Å²) in [6, 6.07) is 6.44. The minimum atomic E-state index is -0.377. The van der Waals surface area contributed by atoms with Crippen LogP contribution in [0.4, 0.5) is 4.39 Å². The molecule has 0 saturated carbocycles. The van der Waals surface area contributed by atoms with E-state index in [1.54, 1.807) is 25.1 Å². The summed E-state index contributed by atoms with van der Waals surface area (Å²) in [6.45, 7) is 5.88. The summed E-state index contributed by atoms with van der Waals surface area (Å²) >= 11 is 0. The van der Waals surface area contributed by atoms with Crippen molar-refractivity contribution in [2.75, 3.05) is 13.6 Å². The number of hydrogen-bond donors (Lipinski definition) is 3. The van der Waals surface area contributed by atoms with E-state index in [0.29, 0.717) is 28.9 Å². The first kappa shape index (κ1) is 17.7. The molecule has 0 spiro atoms. The van der Waals surface area contributed by atoms with Gasteiger partial charge in [0.15, 0.2) is 0 Å². The van der Waals surface area contributed by atoms with Gasteiger partial charge in [-0.1, -0.05) is 25.1 Å². The van der Waals surface area contributed by atoms with E-state index in [9.17, 15) is 14.0 Å². The molecule has 128 valence electrons. The molecule has 0 radical (unpaired) electrons. The molecule has 0 bridgehead atoms. The van der Waals surface area contributed by atoms with Gasteiger partial charge in [0.25, 0.3) is 11.8 Å². The van der Waals surface area contributed by atoms with Gasteiger partial charge >= 0.3 is 0 Å². The third-order valence-electron chi connectivity index (χ3n) is 4.12. The maximum atomic E-state index is 14.2. The van der Waals surface area contributed by atoms with Crippen molar-refractivity contribution in [1.82, 2.24) is 15.6 Å². The summed E-state index contributed by atoms with van der Waals surface area (Å²) in [6.07, 6.45) is 0. The van der Waals surface area contributed by atoms with Crippen molar-refractivity contribution in [2.24, 2.45) is 0 Å². The molecule has 1 atom stereocenters. The highest BCUT2D eigenvalue weighted by molar-refractivity contribution is 6.00. The molecule has 6 heteroatoms. The second-order valence-electron chi connectivity index (χ2n) is 5.60. The lowest BCUT2D eigenvalue weighted by molar-refractivity contribution is 0.0950. The number of halogens is 1. The fraction of sp³-hybridized carbons (Fsp3) is 0.333. The minimum absolute atomic E-state index is 0.284. The average Bonchev–Trinajstić information content (AvgIpc) is 2.91. The van der Waals surface area contributed by atoms with E-state index < -0.39 is 0 Å². The monoisotopic (exact) mass is 331 g/mol. The van der Waals surface area contributed by atoms with Crippen LogP contribution in [0.1, 0.15) is 57.4 Å². The van der Waals surface area contributed by atoms with Gasteiger partial charge in [-0.3, -0.25) is 9.59 Å². The van der Waals surface area contributed by atoms with Crippen LogP contribution < -0.4 is 10.6 Å². The van der Waals surface area contributed by atoms with E-state index in [2.05, 4.69) is 15.6 Å². The summed E-state index contributed by atoms with van der Waals surface area (Å²) in [5.74, 6) is -1.34. The second-order valence-corrected chi connectivity index (χ2v) is 5.60. The molecule has 0 aliphatic heterocycles. The molecular weight excluding hydrogens is 309 g/mol. The number of aromatic amines is 1. The summed E-state index contributed by atoms with van der Waals surface area (Å²) in [4.78, 5) is 27.4. The van der Waals surface area contributed by atoms with Crippen LogP contribution in [0.2, 0.25) is 0 Å². The Hall–Kier alpha value is -2.63. The Morgan fingerprint density at radius 2 is 1.88 bits per heavy atom. The highest BCUT2D eigenvalue weighted by Gasteiger charge is 2.27. The number of carbonyl (C=O) groups is 2. The van der Waals surface area contributed by atoms with Crippen molar-refractivity contribution < 1.29 is 14.0 Å². The lowest BCUT2D eigenvalue weighted by Gasteiger charge is -2.15. The number of amides is 2. The minimum Gasteiger partial charge on any atom is -0.354 e. The Morgan fingerprint density at radius 3 is 2.46 bits per heavy atom. The van der Waals surface area contributed by atoms with Gasteiger partial charge < -0.3 is 15.6 Å². The van der Waals surface area contributed by atoms with Gasteiger partial charge in [0.05, 0.1) is 0 Å². The van der Waals surface area contributed by atoms with Gasteiger partial charge in [-0.25, -0.2) is 4.39 Å². The standard InChI is InChI=1S/C18H22FN3O2/c1-5-21-18(24)15-11(3)14(16(22-15)17(23)20-4)10(2)12-8-6-7-9-13(12)19/h6-10,22H,5H2,1-4H3,(H,20,23)(H,21,24)/t10-/m1/s1. The predicted molar refractivity (Wildman–Crippen MR) is 90.8 cm³/mol. The third kappa shape index (κ3) is 3.18. The zero-order chi connectivity index (χ0) is 17.9. The molecule has 0 fully saturated rings. The van der Waals surface area contributed by atoms with Crippen molar-refractivity contribution in [2.45, 2.75) is 26.7 Å². The maximum Gasteiger partial charge on any atom is 0.267 e. The molecule has 2 aromatic rings. The Bertz CT molecular complexity index is 768. The topological polar surface area (TPSA) is 74.0 Å². The van der Waals surface area contributed by atoms with Crippen molar-refractivity contribution in [1.29, 1.82) is 0 Å². The molecule has 2 rings (SSSR count). The van der Waals surface area contributed by atoms with Crippen LogP contribution in [0.3, 0.4) is 0 Å². The first-order valence-corrected chi connectivity index (χ1v) is 7.89. The van der Waals surface area contributed by atoms with Gasteiger partial charge in [0.1, 0.15) is 17.2 Å². The molecule has 0 unspecified atom stereocenters. The van der Waals surface area contributed by atoms with Gasteiger partial charge in [0, 0.05) is 19.5 Å². The van der Waals surface area contributed by atoms with Gasteiger partial charge in [-0.2, -0.15) is 0 Å². The van der Waals surface area contributed by atoms with Gasteiger partial charge in [-0.05, 0) is 36.6 Å². The van der Waals surface area contributed by atoms with Crippen LogP contribution in [-0.2, 0) is 0 Å². The number of carbonyl (C=O) groups excluding carboxylic acids is 2. The Kier molecular flexibility index (Phi) is 5.39. The van der Waals surface area contributed by atoms with E-state index in [1.165, 1.54) is 13.1 Å². The average molecular weight is 331 g/mol. The number of H-pyrrole nitrogens is 1. The molecular formula is C18H22FN3O2. The van der Waals surface area contributed by atoms with Gasteiger partial charge in [0.2, 0.25) is 0 Å². The van der Waals surface area contributed by atoms with E-state index in [-0.39, 0.29) is 29.2 Å². The highest BCUT2D eigenvalue weighted by atomic mass is 19.1. The number of nitrogens with one attached hydrogen (secondary N) is 3. The molecule has 1 aromatic heterocycles. The molecule has 24 heavy (non-hydrogen) atoms. The summed E-state index contributed by atoms with van der Waals surface area (Å²) < 4.78 is 14.2. The molecule has 0 saturated heterocycles. The SMILES string of the molecule is CCNC(=O)c1[nH]c(C(=O)NC)c([C@H](C)c2ccccc2F)c1C. The molecule has 0 aliphatic carbocycles. The van der Waals surface area contributed by atoms with Crippen LogP contribution in [0.15, 0.2) is 24.3 Å². The van der Waals surface area contributed by atoms with Crippen molar-refractivity contribution >= 4 is 11.8 Å². The molecule has 1 aromatic carbocycles. The molecule has 5 nitrogen and oxygen atoms in total.